The second-order valence-electron chi connectivity index (χ2n) is 8.95. The summed E-state index contributed by atoms with van der Waals surface area (Å²) in [6.07, 6.45) is 3.33. The largest absolute Gasteiger partial charge is 0.458 e. The molecular formula is C29H21F2N5O2S. The van der Waals surface area contributed by atoms with Gasteiger partial charge in [-0.1, -0.05) is 30.3 Å². The van der Waals surface area contributed by atoms with Crippen LogP contribution in [0, 0.1) is 11.6 Å². The van der Waals surface area contributed by atoms with Gasteiger partial charge in [0.2, 0.25) is 5.43 Å². The predicted octanol–water partition coefficient (Wildman–Crippen LogP) is 6.46. The third kappa shape index (κ3) is 4.13. The van der Waals surface area contributed by atoms with Crippen molar-refractivity contribution in [2.45, 2.75) is 17.9 Å². The molecule has 0 saturated carbocycles. The normalized spacial score (nSPS) is 12.3. The lowest BCUT2D eigenvalue weighted by molar-refractivity contribution is 0.445. The second-order valence-corrected chi connectivity index (χ2v) is 9.83. The van der Waals surface area contributed by atoms with Crippen molar-refractivity contribution < 1.29 is 13.2 Å². The van der Waals surface area contributed by atoms with Crippen LogP contribution in [0.4, 0.5) is 14.6 Å². The zero-order valence-electron chi connectivity index (χ0n) is 20.9. The van der Waals surface area contributed by atoms with Crippen LogP contribution in [0.25, 0.3) is 44.4 Å². The van der Waals surface area contributed by atoms with Gasteiger partial charge in [-0.05, 0) is 55.1 Å². The van der Waals surface area contributed by atoms with Crippen molar-refractivity contribution in [2.75, 3.05) is 12.0 Å². The smallest absolute Gasteiger partial charge is 0.203 e. The maximum Gasteiger partial charge on any atom is 0.203 e. The molecule has 1 unspecified atom stereocenters. The fraction of sp³-hybridized carbons (Fsp3) is 0.103. The zero-order valence-corrected chi connectivity index (χ0v) is 21.7. The van der Waals surface area contributed by atoms with E-state index in [0.717, 1.165) is 10.5 Å². The first kappa shape index (κ1) is 24.7. The Hall–Kier alpha value is -4.57. The number of nitrogens with two attached hydrogens (primary N) is 1. The molecule has 0 aliphatic heterocycles. The summed E-state index contributed by atoms with van der Waals surface area (Å²) in [4.78, 5) is 23.4. The molecule has 0 bridgehead atoms. The molecule has 0 aliphatic rings. The van der Waals surface area contributed by atoms with Crippen LogP contribution in [0.1, 0.15) is 18.7 Å². The van der Waals surface area contributed by atoms with Crippen molar-refractivity contribution in [2.24, 2.45) is 0 Å². The molecule has 0 radical (unpaired) electrons. The van der Waals surface area contributed by atoms with E-state index in [4.69, 9.17) is 15.2 Å². The highest BCUT2D eigenvalue weighted by molar-refractivity contribution is 7.98. The lowest BCUT2D eigenvalue weighted by Crippen LogP contribution is -2.17. The number of anilines is 1. The monoisotopic (exact) mass is 541 g/mol. The fourth-order valence-electron chi connectivity index (χ4n) is 4.76. The Morgan fingerprint density at radius 2 is 1.74 bits per heavy atom. The Balaban J connectivity index is 1.63. The summed E-state index contributed by atoms with van der Waals surface area (Å²) < 4.78 is 36.8. The SMILES string of the molecule is CSc1ccc(-c2nn(C(C)c3oc4cccc(F)c4c(=O)c3-c3cccc(F)c3)c3ncnc(N)c23)cc1. The van der Waals surface area contributed by atoms with Crippen LogP contribution in [0.15, 0.2) is 87.2 Å². The molecule has 10 heteroatoms. The zero-order chi connectivity index (χ0) is 27.3. The van der Waals surface area contributed by atoms with Gasteiger partial charge in [-0.25, -0.2) is 23.4 Å². The summed E-state index contributed by atoms with van der Waals surface area (Å²) in [5.74, 6) is -0.844. The summed E-state index contributed by atoms with van der Waals surface area (Å²) in [5, 5.41) is 5.18. The summed E-state index contributed by atoms with van der Waals surface area (Å²) in [7, 11) is 0. The number of fused-ring (bicyclic) bond motifs is 2. The standard InChI is InChI=1S/C29H21F2N5O2S/c1-15(36-29-24(28(32)33-14-34-29)25(35-36)16-9-11-19(39-2)12-10-16)27-22(17-5-3-6-18(30)13-17)26(37)23-20(31)7-4-8-21(23)38-27/h3-15H,1-2H3,(H2,32,33,34). The molecule has 0 aliphatic carbocycles. The topological polar surface area (TPSA) is 99.8 Å². The highest BCUT2D eigenvalue weighted by Crippen LogP contribution is 2.37. The lowest BCUT2D eigenvalue weighted by atomic mass is 9.99. The van der Waals surface area contributed by atoms with E-state index in [9.17, 15) is 13.6 Å². The van der Waals surface area contributed by atoms with Crippen molar-refractivity contribution in [3.63, 3.8) is 0 Å². The Morgan fingerprint density at radius 3 is 2.49 bits per heavy atom. The van der Waals surface area contributed by atoms with E-state index in [1.54, 1.807) is 29.4 Å². The molecule has 39 heavy (non-hydrogen) atoms. The number of hydrogen-bond acceptors (Lipinski definition) is 7. The minimum atomic E-state index is -0.723. The van der Waals surface area contributed by atoms with Crippen LogP contribution in [-0.2, 0) is 0 Å². The van der Waals surface area contributed by atoms with Crippen molar-refractivity contribution in [1.29, 1.82) is 0 Å². The number of rotatable bonds is 5. The van der Waals surface area contributed by atoms with E-state index in [-0.39, 0.29) is 33.7 Å². The van der Waals surface area contributed by atoms with Gasteiger partial charge in [0.25, 0.3) is 0 Å². The van der Waals surface area contributed by atoms with Gasteiger partial charge in [-0.15, -0.1) is 11.8 Å². The summed E-state index contributed by atoms with van der Waals surface area (Å²) >= 11 is 1.62. The number of nitrogens with zero attached hydrogens (tertiary/aromatic N) is 4. The number of halogens is 2. The Bertz CT molecular complexity index is 1940. The average molecular weight is 542 g/mol. The molecule has 3 heterocycles. The maximum absolute atomic E-state index is 14.8. The van der Waals surface area contributed by atoms with Crippen LogP contribution in [0.3, 0.4) is 0 Å². The van der Waals surface area contributed by atoms with Gasteiger partial charge in [0.05, 0.1) is 10.9 Å². The quantitative estimate of drug-likeness (QED) is 0.250. The maximum atomic E-state index is 14.8. The number of hydrogen-bond donors (Lipinski definition) is 1. The number of aromatic nitrogens is 4. The van der Waals surface area contributed by atoms with Gasteiger partial charge in [0, 0.05) is 10.5 Å². The van der Waals surface area contributed by atoms with E-state index in [1.807, 2.05) is 30.5 Å². The van der Waals surface area contributed by atoms with Gasteiger partial charge in [0.15, 0.2) is 5.65 Å². The first-order chi connectivity index (χ1) is 18.9. The van der Waals surface area contributed by atoms with E-state index >= 15 is 0 Å². The molecular weight excluding hydrogens is 520 g/mol. The molecule has 0 amide bonds. The van der Waals surface area contributed by atoms with Crippen molar-refractivity contribution in [3.8, 4) is 22.4 Å². The fourth-order valence-corrected chi connectivity index (χ4v) is 5.16. The van der Waals surface area contributed by atoms with E-state index < -0.39 is 23.1 Å². The summed E-state index contributed by atoms with van der Waals surface area (Å²) in [5.41, 5.74) is 7.83. The van der Waals surface area contributed by atoms with Crippen LogP contribution in [0.2, 0.25) is 0 Å². The van der Waals surface area contributed by atoms with Crippen molar-refractivity contribution in [1.82, 2.24) is 19.7 Å². The van der Waals surface area contributed by atoms with E-state index in [1.165, 1.54) is 42.7 Å². The molecule has 2 N–H and O–H groups in total. The first-order valence-corrected chi connectivity index (χ1v) is 13.2. The number of nitrogen functional groups attached to an aromatic ring is 1. The third-order valence-electron chi connectivity index (χ3n) is 6.64. The summed E-state index contributed by atoms with van der Waals surface area (Å²) in [6.45, 7) is 1.78. The summed E-state index contributed by atoms with van der Waals surface area (Å²) in [6, 6.07) is 16.8. The van der Waals surface area contributed by atoms with Crippen LogP contribution in [0.5, 0.6) is 0 Å². The molecule has 3 aromatic heterocycles. The molecule has 1 atom stereocenters. The minimum absolute atomic E-state index is 0.0381. The Labute approximate surface area is 225 Å². The van der Waals surface area contributed by atoms with Crippen LogP contribution >= 0.6 is 11.8 Å². The lowest BCUT2D eigenvalue weighted by Gasteiger charge is -2.17. The molecule has 6 rings (SSSR count). The Kier molecular flexibility index (Phi) is 6.11. The molecule has 0 saturated heterocycles. The molecule has 7 nitrogen and oxygen atoms in total. The number of thioether (sulfide) groups is 1. The molecule has 0 fully saturated rings. The predicted molar refractivity (Wildman–Crippen MR) is 149 cm³/mol. The second kappa shape index (κ2) is 9.63. The van der Waals surface area contributed by atoms with Crippen molar-refractivity contribution >= 4 is 39.6 Å². The van der Waals surface area contributed by atoms with Crippen molar-refractivity contribution in [3.05, 3.63) is 101 Å². The molecule has 194 valence electrons. The van der Waals surface area contributed by atoms with Crippen LogP contribution < -0.4 is 11.2 Å². The van der Waals surface area contributed by atoms with Gasteiger partial charge in [-0.2, -0.15) is 5.10 Å². The molecule has 6 aromatic rings. The van der Waals surface area contributed by atoms with Gasteiger partial charge in [0.1, 0.15) is 52.2 Å². The van der Waals surface area contributed by atoms with Crippen LogP contribution in [-0.4, -0.2) is 26.0 Å². The van der Waals surface area contributed by atoms with E-state index in [0.29, 0.717) is 16.7 Å². The van der Waals surface area contributed by atoms with Gasteiger partial charge < -0.3 is 10.2 Å². The first-order valence-electron chi connectivity index (χ1n) is 12.0. The highest BCUT2D eigenvalue weighted by Gasteiger charge is 2.27. The third-order valence-corrected chi connectivity index (χ3v) is 7.38. The minimum Gasteiger partial charge on any atom is -0.458 e. The molecule has 0 spiro atoms. The Morgan fingerprint density at radius 1 is 0.974 bits per heavy atom. The highest BCUT2D eigenvalue weighted by atomic mass is 32.2. The molecule has 3 aromatic carbocycles. The number of benzene rings is 3. The van der Waals surface area contributed by atoms with Gasteiger partial charge in [-0.3, -0.25) is 4.79 Å². The van der Waals surface area contributed by atoms with Gasteiger partial charge >= 0.3 is 0 Å². The average Bonchev–Trinajstić information content (AvgIpc) is 3.33. The van der Waals surface area contributed by atoms with E-state index in [2.05, 4.69) is 9.97 Å².